The summed E-state index contributed by atoms with van der Waals surface area (Å²) < 4.78 is 5.16. The normalized spacial score (nSPS) is 10.7. The van der Waals surface area contributed by atoms with Gasteiger partial charge in [-0.1, -0.05) is 42.8 Å². The zero-order valence-electron chi connectivity index (χ0n) is 17.8. The molecule has 0 saturated heterocycles. The maximum atomic E-state index is 12.8. The van der Waals surface area contributed by atoms with Crippen molar-refractivity contribution in [1.82, 2.24) is 9.80 Å². The van der Waals surface area contributed by atoms with E-state index in [1.807, 2.05) is 24.0 Å². The van der Waals surface area contributed by atoms with Gasteiger partial charge in [-0.2, -0.15) is 0 Å². The van der Waals surface area contributed by atoms with Gasteiger partial charge < -0.3 is 15.0 Å². The minimum atomic E-state index is -0.172. The molecular weight excluding hydrogens is 366 g/mol. The third-order valence-electron chi connectivity index (χ3n) is 4.51. The van der Waals surface area contributed by atoms with E-state index in [1.54, 1.807) is 31.2 Å². The number of anilines is 1. The Bertz CT molecular complexity index is 805. The topological polar surface area (TPSA) is 61.9 Å². The van der Waals surface area contributed by atoms with Gasteiger partial charge in [0, 0.05) is 24.8 Å². The molecule has 2 aromatic carbocycles. The summed E-state index contributed by atoms with van der Waals surface area (Å²) in [6.45, 7) is 5.70. The highest BCUT2D eigenvalue weighted by molar-refractivity contribution is 5.92. The molecule has 0 bridgehead atoms. The fourth-order valence-electron chi connectivity index (χ4n) is 3.01. The predicted molar refractivity (Wildman–Crippen MR) is 116 cm³/mol. The number of likely N-dealkylation sites (N-methyl/N-ethyl adjacent to an activating group) is 1. The molecule has 2 amide bonds. The third kappa shape index (κ3) is 7.58. The maximum Gasteiger partial charge on any atom is 0.238 e. The number of methoxy groups -OCH3 is 1. The van der Waals surface area contributed by atoms with Crippen molar-refractivity contribution in [3.8, 4) is 5.75 Å². The van der Waals surface area contributed by atoms with Crippen molar-refractivity contribution in [2.75, 3.05) is 39.1 Å². The van der Waals surface area contributed by atoms with Crippen LogP contribution in [0.3, 0.4) is 0 Å². The van der Waals surface area contributed by atoms with Crippen LogP contribution >= 0.6 is 0 Å². The Morgan fingerprint density at radius 1 is 1.07 bits per heavy atom. The average Bonchev–Trinajstić information content (AvgIpc) is 2.69. The molecule has 1 N–H and O–H groups in total. The molecule has 0 aliphatic heterocycles. The van der Waals surface area contributed by atoms with E-state index in [4.69, 9.17) is 4.74 Å². The molecule has 0 aromatic heterocycles. The summed E-state index contributed by atoms with van der Waals surface area (Å²) >= 11 is 0. The predicted octanol–water partition coefficient (Wildman–Crippen LogP) is 3.31. The molecule has 0 unspecified atom stereocenters. The first-order chi connectivity index (χ1) is 13.9. The van der Waals surface area contributed by atoms with E-state index in [0.29, 0.717) is 24.5 Å². The van der Waals surface area contributed by atoms with Gasteiger partial charge in [-0.15, -0.1) is 0 Å². The Hall–Kier alpha value is -2.86. The zero-order valence-corrected chi connectivity index (χ0v) is 17.8. The Balaban J connectivity index is 1.88. The second-order valence-electron chi connectivity index (χ2n) is 7.25. The van der Waals surface area contributed by atoms with Gasteiger partial charge in [-0.25, -0.2) is 0 Å². The van der Waals surface area contributed by atoms with Crippen molar-refractivity contribution in [2.24, 2.45) is 0 Å². The van der Waals surface area contributed by atoms with Gasteiger partial charge in [0.25, 0.3) is 0 Å². The first-order valence-corrected chi connectivity index (χ1v) is 9.87. The maximum absolute atomic E-state index is 12.8. The van der Waals surface area contributed by atoms with Crippen LogP contribution in [-0.2, 0) is 16.1 Å². The van der Waals surface area contributed by atoms with Crippen molar-refractivity contribution in [1.29, 1.82) is 0 Å². The molecular formula is C23H31N3O3. The number of amides is 2. The number of hydrogen-bond donors (Lipinski definition) is 1. The number of carbonyl (C=O) groups excluding carboxylic acids is 2. The molecule has 0 fully saturated rings. The van der Waals surface area contributed by atoms with Crippen LogP contribution in [0.15, 0.2) is 48.5 Å². The Labute approximate surface area is 173 Å². The monoisotopic (exact) mass is 397 g/mol. The van der Waals surface area contributed by atoms with Crippen molar-refractivity contribution >= 4 is 17.5 Å². The molecule has 0 aliphatic carbocycles. The molecule has 0 atom stereocenters. The van der Waals surface area contributed by atoms with Crippen LogP contribution in [0.4, 0.5) is 5.69 Å². The van der Waals surface area contributed by atoms with E-state index < -0.39 is 0 Å². The summed E-state index contributed by atoms with van der Waals surface area (Å²) in [4.78, 5) is 28.7. The van der Waals surface area contributed by atoms with Gasteiger partial charge in [0.05, 0.1) is 20.2 Å². The fraction of sp³-hybridized carbons (Fsp3) is 0.391. The van der Waals surface area contributed by atoms with Gasteiger partial charge in [-0.05, 0) is 38.1 Å². The van der Waals surface area contributed by atoms with Crippen molar-refractivity contribution in [3.63, 3.8) is 0 Å². The highest BCUT2D eigenvalue weighted by Gasteiger charge is 2.17. The highest BCUT2D eigenvalue weighted by Crippen LogP contribution is 2.16. The molecule has 156 valence electrons. The number of ether oxygens (including phenoxy) is 1. The SMILES string of the molecule is CCCN(Cc1ccc(C)cc1)C(=O)CN(C)CC(=O)Nc1cccc(OC)c1. The third-order valence-corrected chi connectivity index (χ3v) is 4.51. The molecule has 6 heteroatoms. The van der Waals surface area contributed by atoms with E-state index in [9.17, 15) is 9.59 Å². The minimum absolute atomic E-state index is 0.0177. The molecule has 0 aliphatic rings. The van der Waals surface area contributed by atoms with Gasteiger partial charge in [0.1, 0.15) is 5.75 Å². The summed E-state index contributed by atoms with van der Waals surface area (Å²) in [7, 11) is 3.36. The molecule has 29 heavy (non-hydrogen) atoms. The van der Waals surface area contributed by atoms with Crippen LogP contribution in [0.5, 0.6) is 5.75 Å². The van der Waals surface area contributed by atoms with Gasteiger partial charge in [0.15, 0.2) is 0 Å². The highest BCUT2D eigenvalue weighted by atomic mass is 16.5. The summed E-state index contributed by atoms with van der Waals surface area (Å²) in [5.74, 6) is 0.524. The van der Waals surface area contributed by atoms with E-state index in [0.717, 1.165) is 12.0 Å². The van der Waals surface area contributed by atoms with Gasteiger partial charge >= 0.3 is 0 Å². The van der Waals surface area contributed by atoms with Crippen LogP contribution in [0.2, 0.25) is 0 Å². The molecule has 0 radical (unpaired) electrons. The molecule has 0 spiro atoms. The van der Waals surface area contributed by atoms with E-state index in [2.05, 4.69) is 36.5 Å². The quantitative estimate of drug-likeness (QED) is 0.668. The first-order valence-electron chi connectivity index (χ1n) is 9.87. The Kier molecular flexibility index (Phi) is 8.68. The van der Waals surface area contributed by atoms with Crippen molar-refractivity contribution in [2.45, 2.75) is 26.8 Å². The second-order valence-corrected chi connectivity index (χ2v) is 7.25. The van der Waals surface area contributed by atoms with Crippen molar-refractivity contribution < 1.29 is 14.3 Å². The van der Waals surface area contributed by atoms with Crippen LogP contribution in [0.25, 0.3) is 0 Å². The van der Waals surface area contributed by atoms with Crippen LogP contribution in [0.1, 0.15) is 24.5 Å². The van der Waals surface area contributed by atoms with Crippen molar-refractivity contribution in [3.05, 3.63) is 59.7 Å². The molecule has 2 rings (SSSR count). The number of hydrogen-bond acceptors (Lipinski definition) is 4. The van der Waals surface area contributed by atoms with Crippen LogP contribution < -0.4 is 10.1 Å². The lowest BCUT2D eigenvalue weighted by molar-refractivity contribution is -0.133. The first kappa shape index (κ1) is 22.4. The van der Waals surface area contributed by atoms with Gasteiger partial charge in [0.2, 0.25) is 11.8 Å². The van der Waals surface area contributed by atoms with E-state index in [-0.39, 0.29) is 24.9 Å². The lowest BCUT2D eigenvalue weighted by atomic mass is 10.1. The summed E-state index contributed by atoms with van der Waals surface area (Å²) in [5, 5.41) is 2.83. The van der Waals surface area contributed by atoms with Gasteiger partial charge in [-0.3, -0.25) is 14.5 Å². The molecule has 2 aromatic rings. The van der Waals surface area contributed by atoms with E-state index in [1.165, 1.54) is 5.56 Å². The smallest absolute Gasteiger partial charge is 0.238 e. The number of carbonyl (C=O) groups is 2. The molecule has 0 saturated carbocycles. The summed E-state index contributed by atoms with van der Waals surface area (Å²) in [6, 6.07) is 15.4. The summed E-state index contributed by atoms with van der Waals surface area (Å²) in [6.07, 6.45) is 0.887. The Morgan fingerprint density at radius 2 is 1.79 bits per heavy atom. The standard InChI is InChI=1S/C23H31N3O3/c1-5-13-26(15-19-11-9-18(2)10-12-19)23(28)17-25(3)16-22(27)24-20-7-6-8-21(14-20)29-4/h6-12,14H,5,13,15-17H2,1-4H3,(H,24,27). The number of rotatable bonds is 10. The number of aryl methyl sites for hydroxylation is 1. The number of nitrogens with zero attached hydrogens (tertiary/aromatic N) is 2. The molecule has 0 heterocycles. The summed E-state index contributed by atoms with van der Waals surface area (Å²) in [5.41, 5.74) is 2.97. The van der Waals surface area contributed by atoms with Crippen LogP contribution in [-0.4, -0.2) is 55.4 Å². The second kappa shape index (κ2) is 11.2. The van der Waals surface area contributed by atoms with Crippen LogP contribution in [0, 0.1) is 6.92 Å². The van der Waals surface area contributed by atoms with E-state index >= 15 is 0 Å². The largest absolute Gasteiger partial charge is 0.497 e. The number of nitrogens with one attached hydrogen (secondary N) is 1. The lowest BCUT2D eigenvalue weighted by Gasteiger charge is -2.25. The Morgan fingerprint density at radius 3 is 2.45 bits per heavy atom. The minimum Gasteiger partial charge on any atom is -0.497 e. The fourth-order valence-corrected chi connectivity index (χ4v) is 3.01. The lowest BCUT2D eigenvalue weighted by Crippen LogP contribution is -2.41. The molecule has 6 nitrogen and oxygen atoms in total. The number of benzene rings is 2. The zero-order chi connectivity index (χ0) is 21.2. The average molecular weight is 398 g/mol.